The van der Waals surface area contributed by atoms with Gasteiger partial charge in [0.1, 0.15) is 0 Å². The molecule has 0 saturated carbocycles. The number of unbranched alkanes of at least 4 members (excludes halogenated alkanes) is 6. The van der Waals surface area contributed by atoms with E-state index >= 15 is 0 Å². The summed E-state index contributed by atoms with van der Waals surface area (Å²) in [6, 6.07) is 0. The number of hydrogen-bond acceptors (Lipinski definition) is 1. The molecule has 0 aromatic rings. The van der Waals surface area contributed by atoms with Crippen molar-refractivity contribution in [2.45, 2.75) is 65.7 Å². The molecule has 90 valence electrons. The van der Waals surface area contributed by atoms with Crippen molar-refractivity contribution in [3.8, 4) is 0 Å². The van der Waals surface area contributed by atoms with E-state index in [0.29, 0.717) is 0 Å². The number of amides is 1. The van der Waals surface area contributed by atoms with E-state index in [0.717, 1.165) is 13.1 Å². The maximum atomic E-state index is 11.1. The zero-order chi connectivity index (χ0) is 11.5. The van der Waals surface area contributed by atoms with E-state index in [1.807, 2.05) is 11.8 Å². The van der Waals surface area contributed by atoms with Gasteiger partial charge in [-0.1, -0.05) is 45.4 Å². The molecular weight excluding hydrogens is 186 g/mol. The van der Waals surface area contributed by atoms with Crippen LogP contribution in [0.2, 0.25) is 0 Å². The van der Waals surface area contributed by atoms with Crippen LogP contribution >= 0.6 is 0 Å². The van der Waals surface area contributed by atoms with Gasteiger partial charge in [0.2, 0.25) is 5.91 Å². The van der Waals surface area contributed by atoms with Gasteiger partial charge in [0, 0.05) is 20.0 Å². The fourth-order valence-electron chi connectivity index (χ4n) is 1.80. The highest BCUT2D eigenvalue weighted by atomic mass is 16.2. The van der Waals surface area contributed by atoms with Gasteiger partial charge in [-0.05, 0) is 13.3 Å². The Labute approximate surface area is 95.0 Å². The van der Waals surface area contributed by atoms with Crippen molar-refractivity contribution in [1.82, 2.24) is 4.90 Å². The van der Waals surface area contributed by atoms with Crippen molar-refractivity contribution in [3.05, 3.63) is 0 Å². The highest BCUT2D eigenvalue weighted by Gasteiger charge is 2.03. The minimum Gasteiger partial charge on any atom is -0.343 e. The third kappa shape index (κ3) is 8.46. The van der Waals surface area contributed by atoms with Gasteiger partial charge < -0.3 is 4.90 Å². The minimum atomic E-state index is 0.212. The summed E-state index contributed by atoms with van der Waals surface area (Å²) in [5, 5.41) is 0. The fraction of sp³-hybridized carbons (Fsp3) is 0.923. The number of carbonyl (C=O) groups is 1. The monoisotopic (exact) mass is 213 g/mol. The Morgan fingerprint density at radius 3 is 1.93 bits per heavy atom. The van der Waals surface area contributed by atoms with E-state index in [-0.39, 0.29) is 5.91 Å². The molecule has 0 aromatic heterocycles. The van der Waals surface area contributed by atoms with E-state index in [1.54, 1.807) is 6.92 Å². The molecule has 15 heavy (non-hydrogen) atoms. The molecule has 0 aromatic carbocycles. The molecule has 0 radical (unpaired) electrons. The molecule has 2 nitrogen and oxygen atoms in total. The van der Waals surface area contributed by atoms with Crippen LogP contribution < -0.4 is 0 Å². The lowest BCUT2D eigenvalue weighted by atomic mass is 10.1. The van der Waals surface area contributed by atoms with E-state index in [1.165, 1.54) is 44.9 Å². The Bertz CT molecular complexity index is 157. The molecule has 0 aliphatic carbocycles. The second-order valence-corrected chi connectivity index (χ2v) is 4.22. The van der Waals surface area contributed by atoms with Crippen LogP contribution in [-0.4, -0.2) is 23.9 Å². The molecule has 0 bridgehead atoms. The molecule has 0 rings (SSSR count). The van der Waals surface area contributed by atoms with Gasteiger partial charge in [0.05, 0.1) is 0 Å². The molecule has 0 atom stereocenters. The molecule has 0 aliphatic rings. The highest BCUT2D eigenvalue weighted by Crippen LogP contribution is 2.07. The van der Waals surface area contributed by atoms with E-state index in [4.69, 9.17) is 0 Å². The highest BCUT2D eigenvalue weighted by molar-refractivity contribution is 5.73. The second kappa shape index (κ2) is 10.0. The largest absolute Gasteiger partial charge is 0.343 e. The van der Waals surface area contributed by atoms with Crippen molar-refractivity contribution < 1.29 is 4.79 Å². The standard InChI is InChI=1S/C13H27NO/c1-4-6-7-8-9-10-11-12-14(5-2)13(3)15/h4-12H2,1-3H3. The van der Waals surface area contributed by atoms with Gasteiger partial charge in [-0.2, -0.15) is 0 Å². The van der Waals surface area contributed by atoms with Gasteiger partial charge in [0.25, 0.3) is 0 Å². The zero-order valence-electron chi connectivity index (χ0n) is 10.7. The molecular formula is C13H27NO. The lowest BCUT2D eigenvalue weighted by Gasteiger charge is -2.18. The normalized spacial score (nSPS) is 10.3. The summed E-state index contributed by atoms with van der Waals surface area (Å²) in [6.07, 6.45) is 9.19. The van der Waals surface area contributed by atoms with E-state index in [2.05, 4.69) is 6.92 Å². The molecule has 2 heteroatoms. The first-order valence-corrected chi connectivity index (χ1v) is 6.47. The molecule has 0 spiro atoms. The lowest BCUT2D eigenvalue weighted by Crippen LogP contribution is -2.29. The van der Waals surface area contributed by atoms with Crippen LogP contribution in [0, 0.1) is 0 Å². The first kappa shape index (κ1) is 14.5. The summed E-state index contributed by atoms with van der Waals surface area (Å²) in [5.41, 5.74) is 0. The molecule has 0 heterocycles. The van der Waals surface area contributed by atoms with E-state index in [9.17, 15) is 4.79 Å². The van der Waals surface area contributed by atoms with E-state index < -0.39 is 0 Å². The third-order valence-electron chi connectivity index (χ3n) is 2.86. The van der Waals surface area contributed by atoms with Crippen LogP contribution in [0.15, 0.2) is 0 Å². The average molecular weight is 213 g/mol. The van der Waals surface area contributed by atoms with Gasteiger partial charge in [-0.25, -0.2) is 0 Å². The smallest absolute Gasteiger partial charge is 0.219 e. The maximum Gasteiger partial charge on any atom is 0.219 e. The number of rotatable bonds is 9. The Kier molecular flexibility index (Phi) is 9.65. The molecule has 0 aliphatic heterocycles. The fourth-order valence-corrected chi connectivity index (χ4v) is 1.80. The lowest BCUT2D eigenvalue weighted by molar-refractivity contribution is -0.128. The van der Waals surface area contributed by atoms with Gasteiger partial charge in [-0.15, -0.1) is 0 Å². The van der Waals surface area contributed by atoms with Crippen molar-refractivity contribution in [3.63, 3.8) is 0 Å². The predicted molar refractivity (Wildman–Crippen MR) is 65.9 cm³/mol. The summed E-state index contributed by atoms with van der Waals surface area (Å²) in [4.78, 5) is 13.0. The van der Waals surface area contributed by atoms with Crippen molar-refractivity contribution >= 4 is 5.91 Å². The van der Waals surface area contributed by atoms with Crippen LogP contribution in [-0.2, 0) is 4.79 Å². The first-order chi connectivity index (χ1) is 7.22. The van der Waals surface area contributed by atoms with Crippen molar-refractivity contribution in [2.24, 2.45) is 0 Å². The van der Waals surface area contributed by atoms with Crippen LogP contribution in [0.5, 0.6) is 0 Å². The molecule has 1 amide bonds. The Morgan fingerprint density at radius 2 is 1.47 bits per heavy atom. The predicted octanol–water partition coefficient (Wildman–Crippen LogP) is 3.61. The summed E-state index contributed by atoms with van der Waals surface area (Å²) in [5.74, 6) is 0.212. The molecule has 0 saturated heterocycles. The van der Waals surface area contributed by atoms with Gasteiger partial charge >= 0.3 is 0 Å². The third-order valence-corrected chi connectivity index (χ3v) is 2.86. The molecule has 0 N–H and O–H groups in total. The van der Waals surface area contributed by atoms with Crippen LogP contribution in [0.25, 0.3) is 0 Å². The van der Waals surface area contributed by atoms with Crippen LogP contribution in [0.4, 0.5) is 0 Å². The minimum absolute atomic E-state index is 0.212. The summed E-state index contributed by atoms with van der Waals surface area (Å²) in [7, 11) is 0. The Hall–Kier alpha value is -0.530. The van der Waals surface area contributed by atoms with Crippen molar-refractivity contribution in [1.29, 1.82) is 0 Å². The van der Waals surface area contributed by atoms with Crippen molar-refractivity contribution in [2.75, 3.05) is 13.1 Å². The summed E-state index contributed by atoms with van der Waals surface area (Å²) < 4.78 is 0. The first-order valence-electron chi connectivity index (χ1n) is 6.47. The van der Waals surface area contributed by atoms with Crippen LogP contribution in [0.1, 0.15) is 65.7 Å². The maximum absolute atomic E-state index is 11.1. The molecule has 0 unspecified atom stereocenters. The number of nitrogens with zero attached hydrogens (tertiary/aromatic N) is 1. The van der Waals surface area contributed by atoms with Gasteiger partial charge in [-0.3, -0.25) is 4.79 Å². The SMILES string of the molecule is CCCCCCCCCN(CC)C(C)=O. The zero-order valence-corrected chi connectivity index (χ0v) is 10.7. The topological polar surface area (TPSA) is 20.3 Å². The average Bonchev–Trinajstić information content (AvgIpc) is 2.21. The Morgan fingerprint density at radius 1 is 0.933 bits per heavy atom. The molecule has 0 fully saturated rings. The van der Waals surface area contributed by atoms with Crippen LogP contribution in [0.3, 0.4) is 0 Å². The number of hydrogen-bond donors (Lipinski definition) is 0. The Balaban J connectivity index is 3.25. The number of carbonyl (C=O) groups excluding carboxylic acids is 1. The quantitative estimate of drug-likeness (QED) is 0.536. The summed E-state index contributed by atoms with van der Waals surface area (Å²) in [6.45, 7) is 7.74. The summed E-state index contributed by atoms with van der Waals surface area (Å²) >= 11 is 0. The van der Waals surface area contributed by atoms with Gasteiger partial charge in [0.15, 0.2) is 0 Å². The second-order valence-electron chi connectivity index (χ2n) is 4.22.